The van der Waals surface area contributed by atoms with Gasteiger partial charge in [0.25, 0.3) is 0 Å². The van der Waals surface area contributed by atoms with E-state index in [2.05, 4.69) is 10.00 Å². The van der Waals surface area contributed by atoms with Crippen molar-refractivity contribution in [2.24, 2.45) is 0 Å². The van der Waals surface area contributed by atoms with E-state index in [0.29, 0.717) is 32.6 Å². The molecular weight excluding hydrogens is 371 g/mol. The summed E-state index contributed by atoms with van der Waals surface area (Å²) < 4.78 is 20.4. The Kier molecular flexibility index (Phi) is 5.76. The van der Waals surface area contributed by atoms with E-state index in [1.807, 2.05) is 33.8 Å². The van der Waals surface area contributed by atoms with Gasteiger partial charge < -0.3 is 9.64 Å². The fourth-order valence-electron chi connectivity index (χ4n) is 3.78. The van der Waals surface area contributed by atoms with Gasteiger partial charge >= 0.3 is 0 Å². The number of aromatic nitrogens is 2. The molecule has 152 valence electrons. The van der Waals surface area contributed by atoms with Gasteiger partial charge in [-0.2, -0.15) is 5.10 Å². The average Bonchev–Trinajstić information content (AvgIpc) is 3.14. The number of benzene rings is 2. The fraction of sp³-hybridized carbons (Fsp3) is 0.364. The normalized spacial score (nSPS) is 15.0. The van der Waals surface area contributed by atoms with Crippen molar-refractivity contribution in [1.29, 1.82) is 0 Å². The molecule has 29 heavy (non-hydrogen) atoms. The van der Waals surface area contributed by atoms with Gasteiger partial charge in [0.1, 0.15) is 11.6 Å². The van der Waals surface area contributed by atoms with Crippen molar-refractivity contribution in [1.82, 2.24) is 19.6 Å². The summed E-state index contributed by atoms with van der Waals surface area (Å²) in [5.74, 6) is 0.734. The van der Waals surface area contributed by atoms with Crippen LogP contribution in [0.4, 0.5) is 4.39 Å². The van der Waals surface area contributed by atoms with Crippen molar-refractivity contribution in [2.45, 2.75) is 19.5 Å². The highest BCUT2D eigenvalue weighted by Crippen LogP contribution is 2.20. The second-order valence-electron chi connectivity index (χ2n) is 7.33. The molecule has 0 saturated carbocycles. The summed E-state index contributed by atoms with van der Waals surface area (Å²) in [7, 11) is 1.64. The first-order valence-electron chi connectivity index (χ1n) is 9.86. The minimum absolute atomic E-state index is 0.146. The number of piperazine rings is 1. The Balaban J connectivity index is 1.28. The largest absolute Gasteiger partial charge is 0.497 e. The Morgan fingerprint density at radius 1 is 1.14 bits per heavy atom. The third-order valence-corrected chi connectivity index (χ3v) is 5.41. The molecule has 0 N–H and O–H groups in total. The van der Waals surface area contributed by atoms with Crippen LogP contribution in [0, 0.1) is 5.82 Å². The van der Waals surface area contributed by atoms with E-state index in [1.165, 1.54) is 6.07 Å². The lowest BCUT2D eigenvalue weighted by Crippen LogP contribution is -2.48. The molecule has 0 aliphatic carbocycles. The zero-order chi connectivity index (χ0) is 20.2. The zero-order valence-electron chi connectivity index (χ0n) is 16.6. The molecule has 4 rings (SSSR count). The van der Waals surface area contributed by atoms with Crippen LogP contribution in [0.3, 0.4) is 0 Å². The highest BCUT2D eigenvalue weighted by molar-refractivity contribution is 5.81. The number of aryl methyl sites for hydroxylation is 1. The van der Waals surface area contributed by atoms with E-state index in [0.717, 1.165) is 35.3 Å². The van der Waals surface area contributed by atoms with Gasteiger partial charge in [-0.15, -0.1) is 0 Å². The van der Waals surface area contributed by atoms with E-state index >= 15 is 0 Å². The molecule has 1 amide bonds. The standard InChI is InChI=1S/C22H25FN4O2/c1-29-20-5-6-21-18(14-20)15-24-27(21)8-7-22(28)26-11-9-25(10-12-26)16-17-3-2-4-19(23)13-17/h2-6,13-15H,7-12,16H2,1H3. The second-order valence-corrected chi connectivity index (χ2v) is 7.33. The third kappa shape index (κ3) is 4.56. The van der Waals surface area contributed by atoms with Gasteiger partial charge in [0, 0.05) is 44.5 Å². The second kappa shape index (κ2) is 8.61. The highest BCUT2D eigenvalue weighted by atomic mass is 19.1. The summed E-state index contributed by atoms with van der Waals surface area (Å²) in [5.41, 5.74) is 1.96. The van der Waals surface area contributed by atoms with Crippen LogP contribution < -0.4 is 4.74 Å². The maximum Gasteiger partial charge on any atom is 0.224 e. The van der Waals surface area contributed by atoms with Gasteiger partial charge in [-0.1, -0.05) is 12.1 Å². The van der Waals surface area contributed by atoms with Crippen molar-refractivity contribution in [3.05, 3.63) is 60.0 Å². The first-order chi connectivity index (χ1) is 14.1. The van der Waals surface area contributed by atoms with Gasteiger partial charge in [-0.25, -0.2) is 4.39 Å². The minimum atomic E-state index is -0.207. The average molecular weight is 396 g/mol. The van der Waals surface area contributed by atoms with Gasteiger partial charge in [0.05, 0.1) is 25.4 Å². The molecule has 0 bridgehead atoms. The van der Waals surface area contributed by atoms with Crippen molar-refractivity contribution in [2.75, 3.05) is 33.3 Å². The molecule has 0 atom stereocenters. The molecule has 6 nitrogen and oxygen atoms in total. The summed E-state index contributed by atoms with van der Waals surface area (Å²) in [6.07, 6.45) is 2.22. The highest BCUT2D eigenvalue weighted by Gasteiger charge is 2.21. The number of hydrogen-bond donors (Lipinski definition) is 0. The number of hydrogen-bond acceptors (Lipinski definition) is 4. The predicted octanol–water partition coefficient (Wildman–Crippen LogP) is 2.92. The predicted molar refractivity (Wildman–Crippen MR) is 109 cm³/mol. The Morgan fingerprint density at radius 3 is 2.72 bits per heavy atom. The number of nitrogens with zero attached hydrogens (tertiary/aromatic N) is 4. The van der Waals surface area contributed by atoms with Gasteiger partial charge in [-0.05, 0) is 35.9 Å². The molecule has 1 aromatic heterocycles. The number of methoxy groups -OCH3 is 1. The monoisotopic (exact) mass is 396 g/mol. The van der Waals surface area contributed by atoms with E-state index in [1.54, 1.807) is 25.4 Å². The topological polar surface area (TPSA) is 50.6 Å². The number of fused-ring (bicyclic) bond motifs is 1. The van der Waals surface area contributed by atoms with Crippen LogP contribution >= 0.6 is 0 Å². The SMILES string of the molecule is COc1ccc2c(cnn2CCC(=O)N2CCN(Cc3cccc(F)c3)CC2)c1. The van der Waals surface area contributed by atoms with Crippen LogP contribution in [-0.2, 0) is 17.9 Å². The first-order valence-corrected chi connectivity index (χ1v) is 9.86. The zero-order valence-corrected chi connectivity index (χ0v) is 16.6. The summed E-state index contributed by atoms with van der Waals surface area (Å²) in [6, 6.07) is 12.5. The van der Waals surface area contributed by atoms with Gasteiger partial charge in [0.15, 0.2) is 0 Å². The molecule has 7 heteroatoms. The number of carbonyl (C=O) groups is 1. The lowest BCUT2D eigenvalue weighted by molar-refractivity contribution is -0.133. The first kappa shape index (κ1) is 19.4. The molecule has 1 fully saturated rings. The summed E-state index contributed by atoms with van der Waals surface area (Å²) in [4.78, 5) is 16.8. The Bertz CT molecular complexity index is 995. The lowest BCUT2D eigenvalue weighted by Gasteiger charge is -2.34. The lowest BCUT2D eigenvalue weighted by atomic mass is 10.2. The Hall–Kier alpha value is -2.93. The molecular formula is C22H25FN4O2. The maximum atomic E-state index is 13.3. The molecule has 0 unspecified atom stereocenters. The van der Waals surface area contributed by atoms with Crippen LogP contribution in [0.5, 0.6) is 5.75 Å². The third-order valence-electron chi connectivity index (χ3n) is 5.41. The summed E-state index contributed by atoms with van der Waals surface area (Å²) in [6.45, 7) is 4.26. The molecule has 1 aliphatic rings. The minimum Gasteiger partial charge on any atom is -0.497 e. The molecule has 2 aromatic carbocycles. The van der Waals surface area contributed by atoms with Crippen LogP contribution in [0.2, 0.25) is 0 Å². The molecule has 0 radical (unpaired) electrons. The summed E-state index contributed by atoms with van der Waals surface area (Å²) in [5, 5.41) is 5.41. The van der Waals surface area contributed by atoms with Crippen molar-refractivity contribution >= 4 is 16.8 Å². The van der Waals surface area contributed by atoms with Crippen molar-refractivity contribution in [3.63, 3.8) is 0 Å². The van der Waals surface area contributed by atoms with Crippen molar-refractivity contribution < 1.29 is 13.9 Å². The number of rotatable bonds is 6. The fourth-order valence-corrected chi connectivity index (χ4v) is 3.78. The van der Waals surface area contributed by atoms with Crippen LogP contribution in [0.25, 0.3) is 10.9 Å². The van der Waals surface area contributed by atoms with E-state index < -0.39 is 0 Å². The number of amides is 1. The van der Waals surface area contributed by atoms with E-state index in [9.17, 15) is 9.18 Å². The Morgan fingerprint density at radius 2 is 1.97 bits per heavy atom. The summed E-state index contributed by atoms with van der Waals surface area (Å²) >= 11 is 0. The van der Waals surface area contributed by atoms with Crippen molar-refractivity contribution in [3.8, 4) is 5.75 Å². The number of ether oxygens (including phenoxy) is 1. The smallest absolute Gasteiger partial charge is 0.224 e. The number of carbonyl (C=O) groups excluding carboxylic acids is 1. The molecule has 1 aliphatic heterocycles. The Labute approximate surface area is 169 Å². The maximum absolute atomic E-state index is 13.3. The van der Waals surface area contributed by atoms with Gasteiger partial charge in [0.2, 0.25) is 5.91 Å². The van der Waals surface area contributed by atoms with Crippen LogP contribution in [0.15, 0.2) is 48.7 Å². The van der Waals surface area contributed by atoms with E-state index in [4.69, 9.17) is 4.74 Å². The van der Waals surface area contributed by atoms with Gasteiger partial charge in [-0.3, -0.25) is 14.4 Å². The molecule has 1 saturated heterocycles. The molecule has 2 heterocycles. The quantitative estimate of drug-likeness (QED) is 0.643. The molecule has 3 aromatic rings. The molecule has 0 spiro atoms. The van der Waals surface area contributed by atoms with E-state index in [-0.39, 0.29) is 11.7 Å². The number of halogens is 1. The van der Waals surface area contributed by atoms with Crippen LogP contribution in [0.1, 0.15) is 12.0 Å². The van der Waals surface area contributed by atoms with Crippen LogP contribution in [-0.4, -0.2) is 58.8 Å².